The van der Waals surface area contributed by atoms with Crippen molar-refractivity contribution in [2.75, 3.05) is 11.4 Å². The summed E-state index contributed by atoms with van der Waals surface area (Å²) in [6, 6.07) is 15.4. The van der Waals surface area contributed by atoms with Gasteiger partial charge in [-0.2, -0.15) is 0 Å². The minimum Gasteiger partial charge on any atom is -0.452 e. The zero-order valence-electron chi connectivity index (χ0n) is 17.0. The number of nitrogens with one attached hydrogen (secondary N) is 1. The lowest BCUT2D eigenvalue weighted by Gasteiger charge is -2.18. The summed E-state index contributed by atoms with van der Waals surface area (Å²) in [6.45, 7) is 6.14. The number of esters is 1. The first-order chi connectivity index (χ1) is 13.8. The van der Waals surface area contributed by atoms with Crippen molar-refractivity contribution in [1.29, 1.82) is 0 Å². The molecule has 1 N–H and O–H groups in total. The van der Waals surface area contributed by atoms with Crippen LogP contribution in [0.1, 0.15) is 30.0 Å². The predicted molar refractivity (Wildman–Crippen MR) is 110 cm³/mol. The van der Waals surface area contributed by atoms with Crippen LogP contribution < -0.4 is 10.2 Å². The Morgan fingerprint density at radius 3 is 2.28 bits per heavy atom. The zero-order valence-corrected chi connectivity index (χ0v) is 17.0. The summed E-state index contributed by atoms with van der Waals surface area (Å²) >= 11 is 0. The summed E-state index contributed by atoms with van der Waals surface area (Å²) in [4.78, 5) is 38.6. The van der Waals surface area contributed by atoms with E-state index >= 15 is 0 Å². The Bertz CT molecular complexity index is 890. The van der Waals surface area contributed by atoms with Crippen molar-refractivity contribution in [3.8, 4) is 0 Å². The monoisotopic (exact) mass is 394 g/mol. The van der Waals surface area contributed by atoms with Gasteiger partial charge in [0.15, 0.2) is 6.10 Å². The quantitative estimate of drug-likeness (QED) is 0.765. The minimum absolute atomic E-state index is 0.0877. The molecule has 2 amide bonds. The molecule has 0 bridgehead atoms. The van der Waals surface area contributed by atoms with E-state index in [4.69, 9.17) is 4.74 Å². The highest BCUT2D eigenvalue weighted by molar-refractivity contribution is 5.99. The molecule has 2 aromatic rings. The van der Waals surface area contributed by atoms with E-state index in [1.165, 1.54) is 6.92 Å². The molecule has 29 heavy (non-hydrogen) atoms. The molecule has 1 saturated heterocycles. The summed E-state index contributed by atoms with van der Waals surface area (Å²) in [7, 11) is 0. The number of amides is 2. The van der Waals surface area contributed by atoms with Crippen LogP contribution in [0.25, 0.3) is 0 Å². The molecule has 0 aliphatic carbocycles. The predicted octanol–water partition coefficient (Wildman–Crippen LogP) is 2.90. The molecule has 1 aliphatic rings. The van der Waals surface area contributed by atoms with E-state index in [-0.39, 0.29) is 24.8 Å². The highest BCUT2D eigenvalue weighted by atomic mass is 16.5. The largest absolute Gasteiger partial charge is 0.452 e. The van der Waals surface area contributed by atoms with Gasteiger partial charge in [0.05, 0.1) is 5.92 Å². The summed E-state index contributed by atoms with van der Waals surface area (Å²) in [5, 5.41) is 2.77. The zero-order chi connectivity index (χ0) is 21.0. The van der Waals surface area contributed by atoms with E-state index in [0.717, 1.165) is 22.4 Å². The van der Waals surface area contributed by atoms with E-state index in [1.807, 2.05) is 62.4 Å². The first kappa shape index (κ1) is 20.6. The maximum absolute atomic E-state index is 12.5. The molecule has 6 nitrogen and oxygen atoms in total. The van der Waals surface area contributed by atoms with Crippen LogP contribution >= 0.6 is 0 Å². The third kappa shape index (κ3) is 5.22. The number of hydrogen-bond acceptors (Lipinski definition) is 4. The van der Waals surface area contributed by atoms with Crippen LogP contribution in [0.2, 0.25) is 0 Å². The maximum Gasteiger partial charge on any atom is 0.312 e. The van der Waals surface area contributed by atoms with Gasteiger partial charge in [-0.25, -0.2) is 0 Å². The molecule has 1 heterocycles. The number of nitrogens with zero attached hydrogens (tertiary/aromatic N) is 1. The third-order valence-electron chi connectivity index (χ3n) is 5.05. The fourth-order valence-electron chi connectivity index (χ4n) is 3.20. The van der Waals surface area contributed by atoms with Crippen molar-refractivity contribution < 1.29 is 19.1 Å². The Labute approximate surface area is 170 Å². The van der Waals surface area contributed by atoms with E-state index < -0.39 is 18.0 Å². The molecule has 0 spiro atoms. The third-order valence-corrected chi connectivity index (χ3v) is 5.05. The molecule has 3 rings (SSSR count). The van der Waals surface area contributed by atoms with Crippen LogP contribution in [0.5, 0.6) is 0 Å². The number of benzene rings is 2. The van der Waals surface area contributed by atoms with Gasteiger partial charge >= 0.3 is 5.97 Å². The van der Waals surface area contributed by atoms with Crippen molar-refractivity contribution in [3.05, 3.63) is 65.2 Å². The van der Waals surface area contributed by atoms with E-state index in [2.05, 4.69) is 5.32 Å². The SMILES string of the molecule is Cc1ccc(CNC(=O)[C@@H](C)OC(=O)[C@@H]2CC(=O)N(c3ccc(C)cc3)C2)cc1. The highest BCUT2D eigenvalue weighted by Crippen LogP contribution is 2.26. The van der Waals surface area contributed by atoms with Gasteiger partial charge in [0, 0.05) is 25.2 Å². The molecular formula is C23H26N2O4. The van der Waals surface area contributed by atoms with E-state index in [0.29, 0.717) is 6.54 Å². The second kappa shape index (κ2) is 8.90. The summed E-state index contributed by atoms with van der Waals surface area (Å²) in [6.07, 6.45) is -0.832. The topological polar surface area (TPSA) is 75.7 Å². The number of carbonyl (C=O) groups excluding carboxylic acids is 3. The number of ether oxygens (including phenoxy) is 1. The Morgan fingerprint density at radius 2 is 1.66 bits per heavy atom. The van der Waals surface area contributed by atoms with Crippen molar-refractivity contribution in [2.24, 2.45) is 5.92 Å². The van der Waals surface area contributed by atoms with E-state index in [9.17, 15) is 14.4 Å². The number of hydrogen-bond donors (Lipinski definition) is 1. The average molecular weight is 394 g/mol. The highest BCUT2D eigenvalue weighted by Gasteiger charge is 2.37. The Morgan fingerprint density at radius 1 is 1.07 bits per heavy atom. The molecule has 1 aliphatic heterocycles. The standard InChI is InChI=1S/C23H26N2O4/c1-15-4-8-18(9-5-15)13-24-22(27)17(3)29-23(28)19-12-21(26)25(14-19)20-10-6-16(2)7-11-20/h4-11,17,19H,12-14H2,1-3H3,(H,24,27)/t17-,19-/m1/s1. The van der Waals surface area contributed by atoms with Crippen molar-refractivity contribution >= 4 is 23.5 Å². The first-order valence-electron chi connectivity index (χ1n) is 9.74. The summed E-state index contributed by atoms with van der Waals surface area (Å²) in [5.41, 5.74) is 3.98. The second-order valence-corrected chi connectivity index (χ2v) is 7.52. The van der Waals surface area contributed by atoms with Gasteiger partial charge in [0.2, 0.25) is 5.91 Å². The molecule has 0 saturated carbocycles. The van der Waals surface area contributed by atoms with Crippen LogP contribution in [0, 0.1) is 19.8 Å². The normalized spacial score (nSPS) is 17.1. The molecular weight excluding hydrogens is 368 g/mol. The molecule has 0 radical (unpaired) electrons. The van der Waals surface area contributed by atoms with Gasteiger partial charge in [-0.1, -0.05) is 47.5 Å². The van der Waals surface area contributed by atoms with Gasteiger partial charge in [-0.05, 0) is 38.5 Å². The summed E-state index contributed by atoms with van der Waals surface area (Å²) < 4.78 is 5.33. The fraction of sp³-hybridized carbons (Fsp3) is 0.348. The number of carbonyl (C=O) groups is 3. The summed E-state index contributed by atoms with van der Waals surface area (Å²) in [5.74, 6) is -1.58. The molecule has 2 aromatic carbocycles. The Kier molecular flexibility index (Phi) is 6.32. The van der Waals surface area contributed by atoms with Gasteiger partial charge in [0.25, 0.3) is 5.91 Å². The van der Waals surface area contributed by atoms with Crippen LogP contribution in [-0.4, -0.2) is 30.4 Å². The lowest BCUT2D eigenvalue weighted by atomic mass is 10.1. The molecule has 1 fully saturated rings. The number of aryl methyl sites for hydroxylation is 2. The molecule has 152 valence electrons. The van der Waals surface area contributed by atoms with Gasteiger partial charge in [-0.3, -0.25) is 14.4 Å². The van der Waals surface area contributed by atoms with Crippen molar-refractivity contribution in [1.82, 2.24) is 5.32 Å². The number of anilines is 1. The van der Waals surface area contributed by atoms with Gasteiger partial charge in [0.1, 0.15) is 0 Å². The van der Waals surface area contributed by atoms with Crippen LogP contribution in [0.4, 0.5) is 5.69 Å². The first-order valence-corrected chi connectivity index (χ1v) is 9.74. The lowest BCUT2D eigenvalue weighted by Crippen LogP contribution is -2.37. The van der Waals surface area contributed by atoms with Crippen LogP contribution in [-0.2, 0) is 25.7 Å². The minimum atomic E-state index is -0.920. The molecule has 0 aromatic heterocycles. The molecule has 6 heteroatoms. The van der Waals surface area contributed by atoms with Gasteiger partial charge in [-0.15, -0.1) is 0 Å². The molecule has 2 atom stereocenters. The lowest BCUT2D eigenvalue weighted by molar-refractivity contribution is -0.158. The fourth-order valence-corrected chi connectivity index (χ4v) is 3.20. The number of rotatable bonds is 6. The Balaban J connectivity index is 1.51. The van der Waals surface area contributed by atoms with Crippen molar-refractivity contribution in [2.45, 2.75) is 39.8 Å². The second-order valence-electron chi connectivity index (χ2n) is 7.52. The molecule has 0 unspecified atom stereocenters. The van der Waals surface area contributed by atoms with E-state index in [1.54, 1.807) is 4.90 Å². The van der Waals surface area contributed by atoms with Crippen LogP contribution in [0.3, 0.4) is 0 Å². The average Bonchev–Trinajstić information content (AvgIpc) is 3.09. The van der Waals surface area contributed by atoms with Gasteiger partial charge < -0.3 is 15.0 Å². The van der Waals surface area contributed by atoms with Crippen LogP contribution in [0.15, 0.2) is 48.5 Å². The Hall–Kier alpha value is -3.15. The smallest absolute Gasteiger partial charge is 0.312 e. The maximum atomic E-state index is 12.5. The van der Waals surface area contributed by atoms with Crippen molar-refractivity contribution in [3.63, 3.8) is 0 Å².